The maximum atomic E-state index is 12.4. The first-order valence-electron chi connectivity index (χ1n) is 7.70. The summed E-state index contributed by atoms with van der Waals surface area (Å²) < 4.78 is 1.77. The number of anilines is 1. The fourth-order valence-corrected chi connectivity index (χ4v) is 2.65. The second-order valence-corrected chi connectivity index (χ2v) is 5.51. The number of hydrogen-bond donors (Lipinski definition) is 1. The van der Waals surface area contributed by atoms with E-state index < -0.39 is 0 Å². The number of rotatable bonds is 3. The summed E-state index contributed by atoms with van der Waals surface area (Å²) >= 11 is 0. The van der Waals surface area contributed by atoms with E-state index >= 15 is 0 Å². The highest BCUT2D eigenvalue weighted by atomic mass is 16.1. The van der Waals surface area contributed by atoms with Crippen molar-refractivity contribution in [2.75, 3.05) is 5.32 Å². The zero-order chi connectivity index (χ0) is 16.4. The molecule has 0 atom stereocenters. The van der Waals surface area contributed by atoms with Crippen molar-refractivity contribution in [3.63, 3.8) is 0 Å². The van der Waals surface area contributed by atoms with E-state index in [0.717, 1.165) is 22.1 Å². The minimum absolute atomic E-state index is 0.118. The Morgan fingerprint density at radius 3 is 2.42 bits per heavy atom. The summed E-state index contributed by atoms with van der Waals surface area (Å²) in [7, 11) is 0. The average molecular weight is 313 g/mol. The van der Waals surface area contributed by atoms with Crippen LogP contribution in [0.4, 0.5) is 5.69 Å². The van der Waals surface area contributed by atoms with Crippen molar-refractivity contribution in [3.8, 4) is 5.69 Å². The molecule has 0 radical (unpaired) electrons. The monoisotopic (exact) mass is 313 g/mol. The van der Waals surface area contributed by atoms with Crippen LogP contribution in [-0.2, 0) is 0 Å². The average Bonchev–Trinajstić information content (AvgIpc) is 3.16. The normalized spacial score (nSPS) is 10.7. The third-order valence-corrected chi connectivity index (χ3v) is 3.91. The Balaban J connectivity index is 1.54. The molecule has 4 aromatic rings. The fraction of sp³-hybridized carbons (Fsp3) is 0. The lowest BCUT2D eigenvalue weighted by molar-refractivity contribution is 0.102. The lowest BCUT2D eigenvalue weighted by atomic mass is 10.1. The van der Waals surface area contributed by atoms with Gasteiger partial charge in [0, 0.05) is 23.6 Å². The smallest absolute Gasteiger partial charge is 0.255 e. The van der Waals surface area contributed by atoms with E-state index in [9.17, 15) is 4.79 Å². The van der Waals surface area contributed by atoms with Gasteiger partial charge < -0.3 is 5.32 Å². The van der Waals surface area contributed by atoms with Crippen molar-refractivity contribution in [3.05, 3.63) is 90.8 Å². The molecule has 0 spiro atoms. The van der Waals surface area contributed by atoms with Crippen molar-refractivity contribution in [2.24, 2.45) is 0 Å². The van der Waals surface area contributed by atoms with Crippen molar-refractivity contribution < 1.29 is 4.79 Å². The number of nitrogens with one attached hydrogen (secondary N) is 1. The molecule has 0 bridgehead atoms. The summed E-state index contributed by atoms with van der Waals surface area (Å²) in [6.07, 6.45) is 3.61. The number of hydrogen-bond acceptors (Lipinski definition) is 2. The third kappa shape index (κ3) is 2.77. The van der Waals surface area contributed by atoms with Crippen molar-refractivity contribution >= 4 is 22.4 Å². The lowest BCUT2D eigenvalue weighted by Gasteiger charge is -2.08. The molecule has 1 aromatic heterocycles. The molecule has 0 unspecified atom stereocenters. The topological polar surface area (TPSA) is 46.9 Å². The van der Waals surface area contributed by atoms with Gasteiger partial charge in [0.15, 0.2) is 0 Å². The summed E-state index contributed by atoms with van der Waals surface area (Å²) in [5.74, 6) is -0.118. The van der Waals surface area contributed by atoms with Crippen molar-refractivity contribution in [2.45, 2.75) is 0 Å². The lowest BCUT2D eigenvalue weighted by Crippen LogP contribution is -2.11. The van der Waals surface area contributed by atoms with E-state index in [2.05, 4.69) is 10.4 Å². The molecule has 1 amide bonds. The molecule has 0 saturated heterocycles. The Labute approximate surface area is 139 Å². The van der Waals surface area contributed by atoms with Crippen LogP contribution in [0.25, 0.3) is 16.5 Å². The Morgan fingerprint density at radius 2 is 1.67 bits per heavy atom. The van der Waals surface area contributed by atoms with Gasteiger partial charge in [-0.05, 0) is 53.2 Å². The maximum absolute atomic E-state index is 12.4. The molecule has 1 N–H and O–H groups in total. The van der Waals surface area contributed by atoms with E-state index in [1.165, 1.54) is 0 Å². The first kappa shape index (κ1) is 14.2. The molecule has 0 saturated carbocycles. The summed E-state index contributed by atoms with van der Waals surface area (Å²) in [5.41, 5.74) is 2.35. The highest BCUT2D eigenvalue weighted by molar-refractivity contribution is 6.06. The van der Waals surface area contributed by atoms with E-state index in [0.29, 0.717) is 5.56 Å². The zero-order valence-electron chi connectivity index (χ0n) is 12.9. The minimum Gasteiger partial charge on any atom is -0.322 e. The van der Waals surface area contributed by atoms with Crippen LogP contribution in [0.1, 0.15) is 10.4 Å². The van der Waals surface area contributed by atoms with Crippen LogP contribution in [0, 0.1) is 0 Å². The van der Waals surface area contributed by atoms with Gasteiger partial charge >= 0.3 is 0 Å². The SMILES string of the molecule is O=C(Nc1ccc(-n2cccn2)cc1)c1ccc2ccccc2c1. The molecule has 4 nitrogen and oxygen atoms in total. The molecule has 24 heavy (non-hydrogen) atoms. The van der Waals surface area contributed by atoms with Crippen LogP contribution < -0.4 is 5.32 Å². The standard InChI is InChI=1S/C20H15N3O/c24-20(17-7-6-15-4-1-2-5-16(15)14-17)22-18-8-10-19(11-9-18)23-13-3-12-21-23/h1-14H,(H,22,24). The summed E-state index contributed by atoms with van der Waals surface area (Å²) in [4.78, 5) is 12.4. The van der Waals surface area contributed by atoms with Crippen LogP contribution in [0.3, 0.4) is 0 Å². The molecule has 0 aliphatic rings. The van der Waals surface area contributed by atoms with Crippen molar-refractivity contribution in [1.82, 2.24) is 9.78 Å². The molecule has 1 heterocycles. The molecule has 4 rings (SSSR count). The largest absolute Gasteiger partial charge is 0.322 e. The Hall–Kier alpha value is -3.40. The van der Waals surface area contributed by atoms with Crippen molar-refractivity contribution in [1.29, 1.82) is 0 Å². The van der Waals surface area contributed by atoms with Gasteiger partial charge in [-0.2, -0.15) is 5.10 Å². The number of amides is 1. The van der Waals surface area contributed by atoms with Crippen LogP contribution >= 0.6 is 0 Å². The number of carbonyl (C=O) groups excluding carboxylic acids is 1. The first-order chi connectivity index (χ1) is 11.8. The number of aromatic nitrogens is 2. The summed E-state index contributed by atoms with van der Waals surface area (Å²) in [5, 5.41) is 9.29. The predicted octanol–water partition coefficient (Wildman–Crippen LogP) is 4.28. The molecule has 116 valence electrons. The fourth-order valence-electron chi connectivity index (χ4n) is 2.65. The van der Waals surface area contributed by atoms with Gasteiger partial charge in [0.05, 0.1) is 5.69 Å². The highest BCUT2D eigenvalue weighted by Crippen LogP contribution is 2.18. The molecule has 3 aromatic carbocycles. The third-order valence-electron chi connectivity index (χ3n) is 3.91. The molecule has 0 fully saturated rings. The van der Waals surface area contributed by atoms with Crippen LogP contribution in [0.5, 0.6) is 0 Å². The number of carbonyl (C=O) groups is 1. The van der Waals surface area contributed by atoms with Crippen LogP contribution in [-0.4, -0.2) is 15.7 Å². The highest BCUT2D eigenvalue weighted by Gasteiger charge is 2.07. The van der Waals surface area contributed by atoms with Gasteiger partial charge in [-0.15, -0.1) is 0 Å². The van der Waals surface area contributed by atoms with E-state index in [-0.39, 0.29) is 5.91 Å². The van der Waals surface area contributed by atoms with Gasteiger partial charge in [0.1, 0.15) is 0 Å². The zero-order valence-corrected chi connectivity index (χ0v) is 12.9. The summed E-state index contributed by atoms with van der Waals surface area (Å²) in [6, 6.07) is 23.2. The summed E-state index contributed by atoms with van der Waals surface area (Å²) in [6.45, 7) is 0. The molecular weight excluding hydrogens is 298 g/mol. The van der Waals surface area contributed by atoms with E-state index in [4.69, 9.17) is 0 Å². The second kappa shape index (κ2) is 6.01. The quantitative estimate of drug-likeness (QED) is 0.614. The van der Waals surface area contributed by atoms with E-state index in [1.807, 2.05) is 79.0 Å². The molecule has 4 heteroatoms. The molecule has 0 aliphatic carbocycles. The predicted molar refractivity (Wildman–Crippen MR) is 95.5 cm³/mol. The Bertz CT molecular complexity index is 989. The molecule has 0 aliphatic heterocycles. The van der Waals surface area contributed by atoms with Gasteiger partial charge in [-0.25, -0.2) is 4.68 Å². The van der Waals surface area contributed by atoms with Gasteiger partial charge in [0.25, 0.3) is 5.91 Å². The van der Waals surface area contributed by atoms with Crippen LogP contribution in [0.15, 0.2) is 85.2 Å². The van der Waals surface area contributed by atoms with Gasteiger partial charge in [-0.3, -0.25) is 4.79 Å². The van der Waals surface area contributed by atoms with Gasteiger partial charge in [0.2, 0.25) is 0 Å². The van der Waals surface area contributed by atoms with Crippen LogP contribution in [0.2, 0.25) is 0 Å². The number of benzene rings is 3. The Kier molecular flexibility index (Phi) is 3.56. The van der Waals surface area contributed by atoms with E-state index in [1.54, 1.807) is 10.9 Å². The molecular formula is C20H15N3O. The van der Waals surface area contributed by atoms with Gasteiger partial charge in [-0.1, -0.05) is 30.3 Å². The Morgan fingerprint density at radius 1 is 0.875 bits per heavy atom. The second-order valence-electron chi connectivity index (χ2n) is 5.51. The number of nitrogens with zero attached hydrogens (tertiary/aromatic N) is 2. The minimum atomic E-state index is -0.118. The maximum Gasteiger partial charge on any atom is 0.255 e. The number of fused-ring (bicyclic) bond motifs is 1. The first-order valence-corrected chi connectivity index (χ1v) is 7.70.